The van der Waals surface area contributed by atoms with E-state index in [1.807, 2.05) is 0 Å². The predicted molar refractivity (Wildman–Crippen MR) is 75.0 cm³/mol. The molecule has 0 aliphatic carbocycles. The van der Waals surface area contributed by atoms with Crippen LogP contribution in [0.15, 0.2) is 66.2 Å². The highest BCUT2D eigenvalue weighted by Crippen LogP contribution is 2.20. The van der Waals surface area contributed by atoms with Gasteiger partial charge in [0, 0.05) is 0 Å². The quantitative estimate of drug-likeness (QED) is 0.650. The highest BCUT2D eigenvalue weighted by Gasteiger charge is 1.97. The first kappa shape index (κ1) is 11.7. The lowest BCUT2D eigenvalue weighted by Crippen LogP contribution is -1.84. The van der Waals surface area contributed by atoms with E-state index >= 15 is 0 Å². The van der Waals surface area contributed by atoms with E-state index in [0.717, 1.165) is 6.42 Å². The van der Waals surface area contributed by atoms with Crippen LogP contribution in [0.2, 0.25) is 0 Å². The molecule has 0 amide bonds. The molecule has 0 saturated heterocycles. The molecule has 0 fully saturated rings. The molecule has 0 bridgehead atoms. The van der Waals surface area contributed by atoms with Crippen LogP contribution in [0.4, 0.5) is 0 Å². The molecule has 0 saturated carbocycles. The average molecular weight is 222 g/mol. The zero-order valence-electron chi connectivity index (χ0n) is 10.5. The van der Waals surface area contributed by atoms with E-state index in [4.69, 9.17) is 0 Å². The van der Waals surface area contributed by atoms with Crippen LogP contribution in [-0.4, -0.2) is 0 Å². The minimum Gasteiger partial charge on any atom is -0.0815 e. The second kappa shape index (κ2) is 5.49. The van der Waals surface area contributed by atoms with E-state index in [9.17, 15) is 0 Å². The Kier molecular flexibility index (Phi) is 3.77. The minimum atomic E-state index is 1.02. The predicted octanol–water partition coefficient (Wildman–Crippen LogP) is 4.86. The van der Waals surface area contributed by atoms with E-state index in [1.165, 1.54) is 22.3 Å². The molecule has 0 aliphatic rings. The molecule has 0 heterocycles. The maximum Gasteiger partial charge on any atom is -0.00948 e. The summed E-state index contributed by atoms with van der Waals surface area (Å²) in [4.78, 5) is 0. The Morgan fingerprint density at radius 2 is 1.59 bits per heavy atom. The molecule has 0 nitrogen and oxygen atoms in total. The SMILES string of the molecule is CC(C)=CCc1cccc(-c2ccccc2)c1. The normalized spacial score (nSPS) is 10.0. The summed E-state index contributed by atoms with van der Waals surface area (Å²) in [7, 11) is 0. The molecule has 17 heavy (non-hydrogen) atoms. The molecule has 0 aliphatic heterocycles. The smallest absolute Gasteiger partial charge is 0.00948 e. The molecule has 0 radical (unpaired) electrons. The van der Waals surface area contributed by atoms with Crippen molar-refractivity contribution in [3.63, 3.8) is 0 Å². The van der Waals surface area contributed by atoms with Gasteiger partial charge < -0.3 is 0 Å². The second-order valence-corrected chi connectivity index (χ2v) is 4.55. The first-order valence-electron chi connectivity index (χ1n) is 6.03. The Balaban J connectivity index is 2.26. The first-order chi connectivity index (χ1) is 8.25. The van der Waals surface area contributed by atoms with Gasteiger partial charge in [-0.25, -0.2) is 0 Å². The van der Waals surface area contributed by atoms with Gasteiger partial charge in [-0.15, -0.1) is 0 Å². The van der Waals surface area contributed by atoms with Gasteiger partial charge in [0.15, 0.2) is 0 Å². The molecular formula is C17H18. The van der Waals surface area contributed by atoms with Gasteiger partial charge in [0.25, 0.3) is 0 Å². The van der Waals surface area contributed by atoms with E-state index in [2.05, 4.69) is 74.5 Å². The molecule has 2 rings (SSSR count). The summed E-state index contributed by atoms with van der Waals surface area (Å²) in [6, 6.07) is 19.3. The van der Waals surface area contributed by atoms with Crippen molar-refractivity contribution in [3.8, 4) is 11.1 Å². The minimum absolute atomic E-state index is 1.02. The average Bonchev–Trinajstić information content (AvgIpc) is 2.38. The topological polar surface area (TPSA) is 0 Å². The van der Waals surface area contributed by atoms with Crippen LogP contribution in [0.1, 0.15) is 19.4 Å². The largest absolute Gasteiger partial charge is 0.0815 e. The number of benzene rings is 2. The summed E-state index contributed by atoms with van der Waals surface area (Å²) in [5.74, 6) is 0. The molecule has 0 aromatic heterocycles. The zero-order chi connectivity index (χ0) is 12.1. The van der Waals surface area contributed by atoms with Gasteiger partial charge in [-0.1, -0.05) is 66.2 Å². The Morgan fingerprint density at radius 3 is 2.29 bits per heavy atom. The molecule has 2 aromatic carbocycles. The van der Waals surface area contributed by atoms with E-state index in [1.54, 1.807) is 0 Å². The van der Waals surface area contributed by atoms with Gasteiger partial charge in [-0.05, 0) is 37.0 Å². The van der Waals surface area contributed by atoms with Crippen LogP contribution in [0.5, 0.6) is 0 Å². The van der Waals surface area contributed by atoms with Crippen LogP contribution in [0.25, 0.3) is 11.1 Å². The number of hydrogen-bond donors (Lipinski definition) is 0. The van der Waals surface area contributed by atoms with Crippen molar-refractivity contribution in [2.45, 2.75) is 20.3 Å². The van der Waals surface area contributed by atoms with Crippen LogP contribution in [0, 0.1) is 0 Å². The lowest BCUT2D eigenvalue weighted by Gasteiger charge is -2.04. The molecule has 0 heteroatoms. The molecule has 2 aromatic rings. The maximum atomic E-state index is 2.27. The lowest BCUT2D eigenvalue weighted by atomic mass is 10.0. The van der Waals surface area contributed by atoms with Crippen LogP contribution in [0.3, 0.4) is 0 Å². The molecular weight excluding hydrogens is 204 g/mol. The molecule has 0 N–H and O–H groups in total. The Hall–Kier alpha value is -1.82. The van der Waals surface area contributed by atoms with Crippen molar-refractivity contribution < 1.29 is 0 Å². The maximum absolute atomic E-state index is 2.27. The number of allylic oxidation sites excluding steroid dienone is 2. The fraction of sp³-hybridized carbons (Fsp3) is 0.176. The molecule has 0 atom stereocenters. The monoisotopic (exact) mass is 222 g/mol. The van der Waals surface area contributed by atoms with Crippen molar-refractivity contribution in [1.82, 2.24) is 0 Å². The summed E-state index contributed by atoms with van der Waals surface area (Å²) in [6.45, 7) is 4.28. The van der Waals surface area contributed by atoms with Crippen LogP contribution < -0.4 is 0 Å². The summed E-state index contributed by atoms with van der Waals surface area (Å²) in [5, 5.41) is 0. The lowest BCUT2D eigenvalue weighted by molar-refractivity contribution is 1.21. The second-order valence-electron chi connectivity index (χ2n) is 4.55. The summed E-state index contributed by atoms with van der Waals surface area (Å²) < 4.78 is 0. The van der Waals surface area contributed by atoms with Crippen molar-refractivity contribution in [2.75, 3.05) is 0 Å². The van der Waals surface area contributed by atoms with Crippen molar-refractivity contribution in [2.24, 2.45) is 0 Å². The third-order valence-corrected chi connectivity index (χ3v) is 2.78. The number of rotatable bonds is 3. The van der Waals surface area contributed by atoms with Gasteiger partial charge in [-0.2, -0.15) is 0 Å². The van der Waals surface area contributed by atoms with Gasteiger partial charge in [0.2, 0.25) is 0 Å². The molecule has 86 valence electrons. The standard InChI is InChI=1S/C17H18/c1-14(2)11-12-15-7-6-10-17(13-15)16-8-4-3-5-9-16/h3-11,13H,12H2,1-2H3. The number of hydrogen-bond acceptors (Lipinski definition) is 0. The summed E-state index contributed by atoms with van der Waals surface area (Å²) >= 11 is 0. The van der Waals surface area contributed by atoms with Crippen molar-refractivity contribution in [1.29, 1.82) is 0 Å². The van der Waals surface area contributed by atoms with E-state index in [-0.39, 0.29) is 0 Å². The Bertz CT molecular complexity index is 503. The third kappa shape index (κ3) is 3.32. The zero-order valence-corrected chi connectivity index (χ0v) is 10.5. The molecule has 0 spiro atoms. The molecule has 0 unspecified atom stereocenters. The summed E-state index contributed by atoms with van der Waals surface area (Å²) in [5.41, 5.74) is 5.32. The Morgan fingerprint density at radius 1 is 0.882 bits per heavy atom. The van der Waals surface area contributed by atoms with Crippen LogP contribution in [-0.2, 0) is 6.42 Å². The van der Waals surface area contributed by atoms with Crippen molar-refractivity contribution in [3.05, 3.63) is 71.8 Å². The van der Waals surface area contributed by atoms with Gasteiger partial charge in [0.1, 0.15) is 0 Å². The first-order valence-corrected chi connectivity index (χ1v) is 6.03. The van der Waals surface area contributed by atoms with Crippen molar-refractivity contribution >= 4 is 0 Å². The fourth-order valence-electron chi connectivity index (χ4n) is 1.83. The van der Waals surface area contributed by atoms with Gasteiger partial charge >= 0.3 is 0 Å². The van der Waals surface area contributed by atoms with E-state index < -0.39 is 0 Å². The van der Waals surface area contributed by atoms with Gasteiger partial charge in [-0.3, -0.25) is 0 Å². The van der Waals surface area contributed by atoms with Gasteiger partial charge in [0.05, 0.1) is 0 Å². The Labute approximate surface area is 104 Å². The van der Waals surface area contributed by atoms with E-state index in [0.29, 0.717) is 0 Å². The fourth-order valence-corrected chi connectivity index (χ4v) is 1.83. The summed E-state index contributed by atoms with van der Waals surface area (Å²) in [6.07, 6.45) is 3.28. The highest BCUT2D eigenvalue weighted by atomic mass is 14.0. The third-order valence-electron chi connectivity index (χ3n) is 2.78. The highest BCUT2D eigenvalue weighted by molar-refractivity contribution is 5.64. The van der Waals surface area contributed by atoms with Crippen LogP contribution >= 0.6 is 0 Å².